The number of urea groups is 1. The molecule has 3 atom stereocenters. The number of alkyl halides is 3. The molecule has 0 N–H and O–H groups in total. The Labute approximate surface area is 157 Å². The molecule has 0 aliphatic carbocycles. The number of hydrogen-bond donors (Lipinski definition) is 0. The molecule has 0 radical (unpaired) electrons. The highest BCUT2D eigenvalue weighted by Gasteiger charge is 2.64. The molecule has 2 unspecified atom stereocenters. The van der Waals surface area contributed by atoms with Crippen LogP contribution < -0.4 is 4.90 Å². The van der Waals surface area contributed by atoms with Crippen LogP contribution in [0.4, 0.5) is 23.7 Å². The van der Waals surface area contributed by atoms with Crippen LogP contribution in [0.1, 0.15) is 6.42 Å². The third kappa shape index (κ3) is 2.12. The summed E-state index contributed by atoms with van der Waals surface area (Å²) in [6, 6.07) is 9.29. The van der Waals surface area contributed by atoms with E-state index in [1.54, 1.807) is 24.3 Å². The lowest BCUT2D eigenvalue weighted by molar-refractivity contribution is -0.188. The quantitative estimate of drug-likeness (QED) is 0.705. The van der Waals surface area contributed by atoms with E-state index < -0.39 is 42.1 Å². The fourth-order valence-electron chi connectivity index (χ4n) is 4.68. The van der Waals surface area contributed by atoms with E-state index in [9.17, 15) is 27.6 Å². The first-order valence-electron chi connectivity index (χ1n) is 8.81. The molecule has 28 heavy (non-hydrogen) atoms. The second-order valence-corrected chi connectivity index (χ2v) is 7.22. The zero-order valence-corrected chi connectivity index (χ0v) is 14.4. The van der Waals surface area contributed by atoms with Crippen LogP contribution >= 0.6 is 0 Å². The predicted molar refractivity (Wildman–Crippen MR) is 92.4 cm³/mol. The van der Waals surface area contributed by atoms with E-state index in [0.29, 0.717) is 16.0 Å². The Kier molecular flexibility index (Phi) is 3.32. The monoisotopic (exact) mass is 389 g/mol. The molecule has 3 aliphatic heterocycles. The highest BCUT2D eigenvalue weighted by molar-refractivity contribution is 6.25. The van der Waals surface area contributed by atoms with Gasteiger partial charge in [0.1, 0.15) is 6.04 Å². The highest BCUT2D eigenvalue weighted by atomic mass is 19.4. The normalized spacial score (nSPS) is 26.5. The second kappa shape index (κ2) is 5.46. The van der Waals surface area contributed by atoms with Crippen molar-refractivity contribution >= 4 is 34.3 Å². The fraction of sp³-hybridized carbons (Fsp3) is 0.316. The summed E-state index contributed by atoms with van der Waals surface area (Å²) >= 11 is 0. The van der Waals surface area contributed by atoms with Crippen molar-refractivity contribution in [1.29, 1.82) is 0 Å². The highest BCUT2D eigenvalue weighted by Crippen LogP contribution is 2.44. The molecule has 6 nitrogen and oxygen atoms in total. The smallest absolute Gasteiger partial charge is 0.327 e. The molecule has 3 saturated heterocycles. The molecule has 2 bridgehead atoms. The molecular formula is C19H14F3N3O3. The molecule has 144 valence electrons. The Morgan fingerprint density at radius 3 is 2.50 bits per heavy atom. The van der Waals surface area contributed by atoms with Crippen molar-refractivity contribution in [3.63, 3.8) is 0 Å². The maximum Gasteiger partial charge on any atom is 0.471 e. The second-order valence-electron chi connectivity index (χ2n) is 7.22. The number of amides is 4. The molecule has 0 spiro atoms. The molecular weight excluding hydrogens is 375 g/mol. The van der Waals surface area contributed by atoms with Crippen molar-refractivity contribution < 1.29 is 27.6 Å². The minimum Gasteiger partial charge on any atom is -0.327 e. The van der Waals surface area contributed by atoms with E-state index in [1.165, 1.54) is 4.90 Å². The Morgan fingerprint density at radius 2 is 1.75 bits per heavy atom. The zero-order valence-electron chi connectivity index (χ0n) is 14.4. The van der Waals surface area contributed by atoms with Gasteiger partial charge in [-0.25, -0.2) is 9.69 Å². The molecule has 3 aliphatic rings. The first kappa shape index (κ1) is 17.0. The number of fused-ring (bicyclic) bond motifs is 6. The van der Waals surface area contributed by atoms with Crippen LogP contribution in [0.5, 0.6) is 0 Å². The zero-order chi connectivity index (χ0) is 19.8. The van der Waals surface area contributed by atoms with Gasteiger partial charge in [0.15, 0.2) is 0 Å². The number of anilines is 1. The number of nitrogens with zero attached hydrogens (tertiary/aromatic N) is 3. The summed E-state index contributed by atoms with van der Waals surface area (Å²) in [7, 11) is 0. The van der Waals surface area contributed by atoms with Crippen LogP contribution in [0.15, 0.2) is 42.5 Å². The van der Waals surface area contributed by atoms with E-state index in [4.69, 9.17) is 0 Å². The van der Waals surface area contributed by atoms with E-state index in [-0.39, 0.29) is 13.0 Å². The van der Waals surface area contributed by atoms with Crippen LogP contribution in [0.2, 0.25) is 0 Å². The number of likely N-dealkylation sites (tertiary alicyclic amines) is 1. The van der Waals surface area contributed by atoms with Gasteiger partial charge in [0, 0.05) is 11.9 Å². The predicted octanol–water partition coefficient (Wildman–Crippen LogP) is 2.52. The van der Waals surface area contributed by atoms with Gasteiger partial charge in [-0.15, -0.1) is 0 Å². The number of imide groups is 1. The summed E-state index contributed by atoms with van der Waals surface area (Å²) in [5, 5.41) is 1.54. The summed E-state index contributed by atoms with van der Waals surface area (Å²) in [5.74, 6) is -2.54. The van der Waals surface area contributed by atoms with Crippen molar-refractivity contribution in [3.05, 3.63) is 42.5 Å². The van der Waals surface area contributed by atoms with Gasteiger partial charge in [-0.05, 0) is 17.9 Å². The first-order chi connectivity index (χ1) is 13.3. The van der Waals surface area contributed by atoms with Crippen molar-refractivity contribution in [3.8, 4) is 0 Å². The van der Waals surface area contributed by atoms with Crippen molar-refractivity contribution in [2.45, 2.75) is 30.7 Å². The standard InChI is InChI=1S/C19H14F3N3O3/c20-19(21,22)17(27)23-9-11-8-14(23)15-16(26)25(18(28)24(11)15)13-7-3-5-10-4-1-2-6-12(10)13/h1-7,11,14-15H,8-9H2/t11?,14?,15-/m1/s1. The Hall–Kier alpha value is -3.10. The van der Waals surface area contributed by atoms with Crippen molar-refractivity contribution in [1.82, 2.24) is 9.80 Å². The van der Waals surface area contributed by atoms with Gasteiger partial charge >= 0.3 is 18.1 Å². The first-order valence-corrected chi connectivity index (χ1v) is 8.81. The van der Waals surface area contributed by atoms with E-state index in [1.807, 2.05) is 18.2 Å². The lowest BCUT2D eigenvalue weighted by Gasteiger charge is -2.35. The van der Waals surface area contributed by atoms with Gasteiger partial charge in [-0.2, -0.15) is 13.2 Å². The van der Waals surface area contributed by atoms with Crippen LogP contribution in [0.3, 0.4) is 0 Å². The fourth-order valence-corrected chi connectivity index (χ4v) is 4.68. The summed E-state index contributed by atoms with van der Waals surface area (Å²) < 4.78 is 38.7. The molecule has 9 heteroatoms. The molecule has 2 aromatic rings. The Bertz CT molecular complexity index is 1030. The average Bonchev–Trinajstić information content (AvgIpc) is 3.31. The topological polar surface area (TPSA) is 60.9 Å². The van der Waals surface area contributed by atoms with Crippen LogP contribution in [0.25, 0.3) is 10.8 Å². The Morgan fingerprint density at radius 1 is 1.04 bits per heavy atom. The molecule has 0 aromatic heterocycles. The minimum atomic E-state index is -5.00. The van der Waals surface area contributed by atoms with Crippen molar-refractivity contribution in [2.75, 3.05) is 11.4 Å². The number of benzene rings is 2. The number of hydrogen-bond acceptors (Lipinski definition) is 3. The van der Waals surface area contributed by atoms with E-state index >= 15 is 0 Å². The van der Waals surface area contributed by atoms with Gasteiger partial charge in [0.05, 0.1) is 17.8 Å². The molecule has 2 aromatic carbocycles. The third-order valence-corrected chi connectivity index (χ3v) is 5.78. The Balaban J connectivity index is 1.54. The number of piperazine rings is 1. The molecule has 0 saturated carbocycles. The van der Waals surface area contributed by atoms with Crippen molar-refractivity contribution in [2.24, 2.45) is 0 Å². The molecule has 3 fully saturated rings. The van der Waals surface area contributed by atoms with Crippen LogP contribution in [-0.2, 0) is 9.59 Å². The van der Waals surface area contributed by atoms with Crippen LogP contribution in [-0.4, -0.2) is 58.5 Å². The maximum atomic E-state index is 13.1. The molecule has 3 heterocycles. The lowest BCUT2D eigenvalue weighted by Crippen LogP contribution is -2.57. The number of carbonyl (C=O) groups is 3. The van der Waals surface area contributed by atoms with Crippen LogP contribution in [0, 0.1) is 0 Å². The van der Waals surface area contributed by atoms with Gasteiger partial charge in [-0.1, -0.05) is 36.4 Å². The van der Waals surface area contributed by atoms with Gasteiger partial charge < -0.3 is 9.80 Å². The van der Waals surface area contributed by atoms with Gasteiger partial charge in [-0.3, -0.25) is 9.59 Å². The number of carbonyl (C=O) groups excluding carboxylic acids is 3. The summed E-state index contributed by atoms with van der Waals surface area (Å²) in [5.41, 5.74) is 0.399. The van der Waals surface area contributed by atoms with Gasteiger partial charge in [0.2, 0.25) is 0 Å². The van der Waals surface area contributed by atoms with E-state index in [0.717, 1.165) is 10.3 Å². The molecule has 5 rings (SSSR count). The third-order valence-electron chi connectivity index (χ3n) is 5.78. The molecule has 4 amide bonds. The lowest BCUT2D eigenvalue weighted by atomic mass is 10.1. The number of rotatable bonds is 1. The van der Waals surface area contributed by atoms with E-state index in [2.05, 4.69) is 0 Å². The SMILES string of the molecule is O=C1[C@H]2C3CC(CN3C(=O)C(F)(F)F)N2C(=O)N1c1cccc2ccccc12. The summed E-state index contributed by atoms with van der Waals surface area (Å²) in [4.78, 5) is 40.9. The average molecular weight is 389 g/mol. The van der Waals surface area contributed by atoms with Gasteiger partial charge in [0.25, 0.3) is 5.91 Å². The summed E-state index contributed by atoms with van der Waals surface area (Å²) in [6.07, 6.45) is -4.82. The number of halogens is 3. The largest absolute Gasteiger partial charge is 0.471 e. The maximum absolute atomic E-state index is 13.1. The summed E-state index contributed by atoms with van der Waals surface area (Å²) in [6.45, 7) is -0.206. The minimum absolute atomic E-state index is 0.188.